The molecule has 0 saturated heterocycles. The molecule has 1 aromatic rings. The van der Waals surface area contributed by atoms with E-state index in [4.69, 9.17) is 9.47 Å². The van der Waals surface area contributed by atoms with Crippen molar-refractivity contribution in [2.45, 2.75) is 45.9 Å². The minimum atomic E-state index is -0.942. The van der Waals surface area contributed by atoms with E-state index in [1.807, 2.05) is 30.4 Å². The third-order valence-electron chi connectivity index (χ3n) is 4.02. The highest BCUT2D eigenvalue weighted by Gasteiger charge is 2.24. The number of carbonyl (C=O) groups excluding carboxylic acids is 2. The summed E-state index contributed by atoms with van der Waals surface area (Å²) < 4.78 is 10.2. The van der Waals surface area contributed by atoms with Gasteiger partial charge >= 0.3 is 12.1 Å². The summed E-state index contributed by atoms with van der Waals surface area (Å²) in [5.41, 5.74) is 0.889. The van der Waals surface area contributed by atoms with Gasteiger partial charge in [0.15, 0.2) is 0 Å². The van der Waals surface area contributed by atoms with Crippen LogP contribution < -0.4 is 5.32 Å². The Bertz CT molecular complexity index is 655. The van der Waals surface area contributed by atoms with Crippen molar-refractivity contribution in [2.24, 2.45) is 11.8 Å². The molecule has 0 bridgehead atoms. The zero-order valence-corrected chi connectivity index (χ0v) is 15.4. The van der Waals surface area contributed by atoms with Gasteiger partial charge < -0.3 is 14.8 Å². The first kappa shape index (κ1) is 19.7. The van der Waals surface area contributed by atoms with Gasteiger partial charge in [0.1, 0.15) is 0 Å². The van der Waals surface area contributed by atoms with Crippen LogP contribution in [-0.4, -0.2) is 29.4 Å². The average molecular weight is 358 g/mol. The molecule has 0 fully saturated rings. The zero-order valence-electron chi connectivity index (χ0n) is 15.4. The summed E-state index contributed by atoms with van der Waals surface area (Å²) in [5.74, 6) is -0.543. The molecule has 3 unspecified atom stereocenters. The number of amides is 1. The molecule has 2 rings (SSSR count). The minimum Gasteiger partial charge on any atom is -0.425 e. The molecule has 0 radical (unpaired) electrons. The number of carbonyl (C=O) groups is 2. The molecule has 1 aromatic heterocycles. The smallest absolute Gasteiger partial charge is 0.410 e. The lowest BCUT2D eigenvalue weighted by Gasteiger charge is -2.26. The van der Waals surface area contributed by atoms with Gasteiger partial charge in [-0.25, -0.2) is 4.79 Å². The number of alkyl carbamates (subject to hydrolysis) is 1. The Morgan fingerprint density at radius 2 is 2.04 bits per heavy atom. The van der Waals surface area contributed by atoms with Crippen molar-refractivity contribution in [2.75, 3.05) is 0 Å². The number of nitrogens with one attached hydrogen (secondary N) is 1. The first-order valence-electron chi connectivity index (χ1n) is 8.86. The number of esters is 1. The number of pyridine rings is 1. The molecule has 0 saturated carbocycles. The maximum absolute atomic E-state index is 12.3. The van der Waals surface area contributed by atoms with Crippen molar-refractivity contribution in [3.05, 3.63) is 54.4 Å². The van der Waals surface area contributed by atoms with Crippen LogP contribution in [0.2, 0.25) is 0 Å². The monoisotopic (exact) mass is 358 g/mol. The average Bonchev–Trinajstić information content (AvgIpc) is 2.62. The predicted molar refractivity (Wildman–Crippen MR) is 98.1 cm³/mol. The Kier molecular flexibility index (Phi) is 7.38. The zero-order chi connectivity index (χ0) is 18.9. The number of hydrogen-bond acceptors (Lipinski definition) is 5. The van der Waals surface area contributed by atoms with Gasteiger partial charge in [0, 0.05) is 37.2 Å². The van der Waals surface area contributed by atoms with Gasteiger partial charge in [-0.15, -0.1) is 0 Å². The van der Waals surface area contributed by atoms with Gasteiger partial charge in [0.05, 0.1) is 5.92 Å². The summed E-state index contributed by atoms with van der Waals surface area (Å²) in [6.07, 6.45) is 9.67. The molecule has 0 aromatic carbocycles. The van der Waals surface area contributed by atoms with Crippen LogP contribution in [0.4, 0.5) is 4.79 Å². The third-order valence-corrected chi connectivity index (χ3v) is 4.02. The maximum atomic E-state index is 12.3. The van der Waals surface area contributed by atoms with Crippen molar-refractivity contribution in [3.63, 3.8) is 0 Å². The molecule has 1 aliphatic rings. The molecular weight excluding hydrogens is 332 g/mol. The minimum absolute atomic E-state index is 0.142. The van der Waals surface area contributed by atoms with Crippen molar-refractivity contribution in [1.82, 2.24) is 10.3 Å². The Hall–Kier alpha value is -2.63. The van der Waals surface area contributed by atoms with Crippen LogP contribution in [0.3, 0.4) is 0 Å². The van der Waals surface area contributed by atoms with Crippen LogP contribution in [0.1, 0.15) is 32.9 Å². The fraction of sp³-hybridized carbons (Fsp3) is 0.450. The van der Waals surface area contributed by atoms with E-state index in [1.54, 1.807) is 20.0 Å². The van der Waals surface area contributed by atoms with E-state index >= 15 is 0 Å². The topological polar surface area (TPSA) is 77.5 Å². The quantitative estimate of drug-likeness (QED) is 0.597. The van der Waals surface area contributed by atoms with E-state index in [0.717, 1.165) is 12.1 Å². The lowest BCUT2D eigenvalue weighted by atomic mass is 9.89. The molecule has 6 nitrogen and oxygen atoms in total. The van der Waals surface area contributed by atoms with E-state index in [1.165, 1.54) is 6.92 Å². The second-order valence-corrected chi connectivity index (χ2v) is 6.55. The summed E-state index contributed by atoms with van der Waals surface area (Å²) in [6.45, 7) is 4.97. The molecule has 0 aliphatic heterocycles. The van der Waals surface area contributed by atoms with E-state index in [2.05, 4.69) is 22.5 Å². The first-order chi connectivity index (χ1) is 12.5. The Labute approximate surface area is 154 Å². The molecule has 1 N–H and O–H groups in total. The second-order valence-electron chi connectivity index (χ2n) is 6.55. The highest BCUT2D eigenvalue weighted by molar-refractivity contribution is 5.72. The highest BCUT2D eigenvalue weighted by atomic mass is 16.7. The van der Waals surface area contributed by atoms with E-state index in [0.29, 0.717) is 6.42 Å². The molecule has 1 heterocycles. The molecule has 1 amide bonds. The second kappa shape index (κ2) is 9.75. The van der Waals surface area contributed by atoms with Crippen molar-refractivity contribution < 1.29 is 19.1 Å². The lowest BCUT2D eigenvalue weighted by molar-refractivity contribution is -0.168. The van der Waals surface area contributed by atoms with Crippen LogP contribution in [0.15, 0.2) is 48.7 Å². The summed E-state index contributed by atoms with van der Waals surface area (Å²) >= 11 is 0. The fourth-order valence-corrected chi connectivity index (χ4v) is 2.61. The first-order valence-corrected chi connectivity index (χ1v) is 8.86. The van der Waals surface area contributed by atoms with Gasteiger partial charge in [-0.05, 0) is 18.6 Å². The van der Waals surface area contributed by atoms with Crippen molar-refractivity contribution in [1.29, 1.82) is 0 Å². The molecule has 6 heteroatoms. The third kappa shape index (κ3) is 6.35. The normalized spacial score (nSPS) is 18.2. The Balaban J connectivity index is 1.96. The van der Waals surface area contributed by atoms with Gasteiger partial charge in [-0.1, -0.05) is 44.2 Å². The van der Waals surface area contributed by atoms with Crippen LogP contribution in [0.25, 0.3) is 0 Å². The summed E-state index contributed by atoms with van der Waals surface area (Å²) in [4.78, 5) is 28.2. The molecule has 1 aliphatic carbocycles. The molecule has 140 valence electrons. The number of hydrogen-bond donors (Lipinski definition) is 1. The molecule has 26 heavy (non-hydrogen) atoms. The standard InChI is InChI=1S/C20H26N2O4/c1-14(2)19(23)25-15(3)26-20(24)22-18(16-9-5-4-6-10-16)13-17-11-7-8-12-21-17/h4-9,11-12,14-16,18H,10,13H2,1-3H3,(H,22,24). The number of nitrogens with zero attached hydrogens (tertiary/aromatic N) is 1. The fourth-order valence-electron chi connectivity index (χ4n) is 2.61. The van der Waals surface area contributed by atoms with E-state index in [-0.39, 0.29) is 17.9 Å². The number of allylic oxidation sites excluding steroid dienone is 3. The molecule has 0 spiro atoms. The van der Waals surface area contributed by atoms with Crippen molar-refractivity contribution in [3.8, 4) is 0 Å². The summed E-state index contributed by atoms with van der Waals surface area (Å²) in [6, 6.07) is 5.53. The summed E-state index contributed by atoms with van der Waals surface area (Å²) in [7, 11) is 0. The van der Waals surface area contributed by atoms with E-state index < -0.39 is 18.4 Å². The van der Waals surface area contributed by atoms with Crippen LogP contribution in [0, 0.1) is 11.8 Å². The largest absolute Gasteiger partial charge is 0.425 e. The number of rotatable bonds is 7. The van der Waals surface area contributed by atoms with Crippen LogP contribution in [-0.2, 0) is 20.7 Å². The summed E-state index contributed by atoms with van der Waals surface area (Å²) in [5, 5.41) is 2.89. The lowest BCUT2D eigenvalue weighted by Crippen LogP contribution is -2.43. The maximum Gasteiger partial charge on any atom is 0.410 e. The molecule has 3 atom stereocenters. The predicted octanol–water partition coefficient (Wildman–Crippen LogP) is 3.40. The van der Waals surface area contributed by atoms with Gasteiger partial charge in [-0.3, -0.25) is 9.78 Å². The van der Waals surface area contributed by atoms with Crippen LogP contribution in [0.5, 0.6) is 0 Å². The number of aromatic nitrogens is 1. The van der Waals surface area contributed by atoms with E-state index in [9.17, 15) is 9.59 Å². The SMILES string of the molecule is CC(OC(=O)NC(Cc1ccccn1)C1C=CC=CC1)OC(=O)C(C)C. The number of ether oxygens (including phenoxy) is 2. The van der Waals surface area contributed by atoms with Gasteiger partial charge in [0.25, 0.3) is 0 Å². The van der Waals surface area contributed by atoms with Gasteiger partial charge in [-0.2, -0.15) is 0 Å². The van der Waals surface area contributed by atoms with Gasteiger partial charge in [0.2, 0.25) is 6.29 Å². The Morgan fingerprint density at radius 3 is 2.65 bits per heavy atom. The highest BCUT2D eigenvalue weighted by Crippen LogP contribution is 2.19. The van der Waals surface area contributed by atoms with Crippen LogP contribution >= 0.6 is 0 Å². The molecular formula is C20H26N2O4. The Morgan fingerprint density at radius 1 is 1.23 bits per heavy atom. The van der Waals surface area contributed by atoms with Crippen molar-refractivity contribution >= 4 is 12.1 Å².